The third kappa shape index (κ3) is 3.91. The summed E-state index contributed by atoms with van der Waals surface area (Å²) in [5.41, 5.74) is 5.59. The number of morpholine rings is 1. The Morgan fingerprint density at radius 1 is 1.03 bits per heavy atom. The molecule has 1 aliphatic heterocycles. The number of aromatic nitrogens is 4. The summed E-state index contributed by atoms with van der Waals surface area (Å²) in [4.78, 5) is 20.0. The molecule has 0 amide bonds. The maximum Gasteiger partial charge on any atom is 0.132 e. The Kier molecular flexibility index (Phi) is 5.49. The van der Waals surface area contributed by atoms with Gasteiger partial charge in [-0.15, -0.1) is 0 Å². The molecule has 0 aliphatic carbocycles. The van der Waals surface area contributed by atoms with Gasteiger partial charge in [-0.05, 0) is 42.8 Å². The minimum Gasteiger partial charge on any atom is -0.378 e. The van der Waals surface area contributed by atoms with Gasteiger partial charge in [0, 0.05) is 48.0 Å². The van der Waals surface area contributed by atoms with Crippen molar-refractivity contribution in [3.8, 4) is 11.3 Å². The van der Waals surface area contributed by atoms with Crippen LogP contribution in [0.25, 0.3) is 22.2 Å². The minimum absolute atomic E-state index is 0.0252. The van der Waals surface area contributed by atoms with E-state index in [0.717, 1.165) is 46.6 Å². The zero-order valence-electron chi connectivity index (χ0n) is 18.1. The molecule has 7 heteroatoms. The Morgan fingerprint density at radius 3 is 2.69 bits per heavy atom. The number of anilines is 1. The van der Waals surface area contributed by atoms with Crippen molar-refractivity contribution in [2.24, 2.45) is 0 Å². The predicted octanol–water partition coefficient (Wildman–Crippen LogP) is 4.52. The second kappa shape index (κ2) is 8.59. The van der Waals surface area contributed by atoms with Crippen LogP contribution in [0.4, 0.5) is 10.1 Å². The number of benzene rings is 2. The molecule has 1 unspecified atom stereocenters. The molecule has 4 aromatic rings. The van der Waals surface area contributed by atoms with Crippen molar-refractivity contribution in [2.75, 3.05) is 31.2 Å². The van der Waals surface area contributed by atoms with Gasteiger partial charge in [-0.3, -0.25) is 9.97 Å². The Labute approximate surface area is 186 Å². The lowest BCUT2D eigenvalue weighted by molar-refractivity contribution is 0.122. The van der Waals surface area contributed by atoms with Crippen molar-refractivity contribution in [2.45, 2.75) is 19.8 Å². The van der Waals surface area contributed by atoms with Crippen LogP contribution in [0.2, 0.25) is 0 Å². The molecule has 32 heavy (non-hydrogen) atoms. The quantitative estimate of drug-likeness (QED) is 0.475. The van der Waals surface area contributed by atoms with E-state index in [1.165, 1.54) is 12.4 Å². The number of halogens is 1. The predicted molar refractivity (Wildman–Crippen MR) is 122 cm³/mol. The molecule has 5 rings (SSSR count). The van der Waals surface area contributed by atoms with E-state index in [-0.39, 0.29) is 11.7 Å². The Balaban J connectivity index is 1.55. The van der Waals surface area contributed by atoms with E-state index in [9.17, 15) is 4.39 Å². The molecule has 1 atom stereocenters. The van der Waals surface area contributed by atoms with Crippen molar-refractivity contribution in [1.29, 1.82) is 0 Å². The third-order valence-corrected chi connectivity index (χ3v) is 5.96. The van der Waals surface area contributed by atoms with Crippen LogP contribution < -0.4 is 4.90 Å². The molecule has 0 radical (unpaired) electrons. The minimum atomic E-state index is -0.312. The van der Waals surface area contributed by atoms with Gasteiger partial charge in [0.1, 0.15) is 12.1 Å². The normalized spacial score (nSPS) is 15.2. The van der Waals surface area contributed by atoms with Gasteiger partial charge in [0.05, 0.1) is 35.8 Å². The zero-order valence-corrected chi connectivity index (χ0v) is 18.1. The highest BCUT2D eigenvalue weighted by Crippen LogP contribution is 2.33. The molecule has 6 nitrogen and oxygen atoms in total. The summed E-state index contributed by atoms with van der Waals surface area (Å²) in [6.45, 7) is 7.09. The topological polar surface area (TPSA) is 64.0 Å². The van der Waals surface area contributed by atoms with Crippen molar-refractivity contribution in [1.82, 2.24) is 19.9 Å². The molecule has 1 aliphatic rings. The Morgan fingerprint density at radius 2 is 1.88 bits per heavy atom. The summed E-state index contributed by atoms with van der Waals surface area (Å²) in [6, 6.07) is 11.2. The highest BCUT2D eigenvalue weighted by atomic mass is 19.1. The van der Waals surface area contributed by atoms with Crippen molar-refractivity contribution >= 4 is 16.6 Å². The largest absolute Gasteiger partial charge is 0.378 e. The number of aryl methyl sites for hydroxylation is 1. The SMILES string of the molecule is Cc1cncc(C(C)c2ccc(F)c(-c3ncnc4cc(N5CCOCC5)ccc34)c2)n1. The zero-order chi connectivity index (χ0) is 22.1. The van der Waals surface area contributed by atoms with Crippen LogP contribution >= 0.6 is 0 Å². The number of ether oxygens (including phenoxy) is 1. The van der Waals surface area contributed by atoms with Gasteiger partial charge in [0.15, 0.2) is 0 Å². The fourth-order valence-electron chi connectivity index (χ4n) is 4.13. The summed E-state index contributed by atoms with van der Waals surface area (Å²) < 4.78 is 20.4. The average Bonchev–Trinajstić information content (AvgIpc) is 2.84. The molecular weight excluding hydrogens is 405 g/mol. The van der Waals surface area contributed by atoms with Gasteiger partial charge in [-0.2, -0.15) is 0 Å². The van der Waals surface area contributed by atoms with Gasteiger partial charge >= 0.3 is 0 Å². The molecule has 2 aromatic heterocycles. The second-order valence-electron chi connectivity index (χ2n) is 8.07. The Hall–Kier alpha value is -3.45. The summed E-state index contributed by atoms with van der Waals surface area (Å²) >= 11 is 0. The van der Waals surface area contributed by atoms with Crippen LogP contribution in [-0.4, -0.2) is 46.2 Å². The second-order valence-corrected chi connectivity index (χ2v) is 8.07. The van der Waals surface area contributed by atoms with Crippen molar-refractivity contribution < 1.29 is 9.13 Å². The van der Waals surface area contributed by atoms with Crippen LogP contribution in [0.15, 0.2) is 55.1 Å². The van der Waals surface area contributed by atoms with Crippen LogP contribution in [0, 0.1) is 12.7 Å². The molecule has 0 N–H and O–H groups in total. The number of fused-ring (bicyclic) bond motifs is 1. The molecule has 0 saturated carbocycles. The summed E-state index contributed by atoms with van der Waals surface area (Å²) in [7, 11) is 0. The number of nitrogens with zero attached hydrogens (tertiary/aromatic N) is 5. The first-order valence-electron chi connectivity index (χ1n) is 10.8. The lowest BCUT2D eigenvalue weighted by Crippen LogP contribution is -2.36. The average molecular weight is 429 g/mol. The van der Waals surface area contributed by atoms with Gasteiger partial charge in [0.25, 0.3) is 0 Å². The number of hydrogen-bond donors (Lipinski definition) is 0. The molecule has 0 spiro atoms. The maximum atomic E-state index is 15.0. The van der Waals surface area contributed by atoms with E-state index in [2.05, 4.69) is 24.8 Å². The van der Waals surface area contributed by atoms with E-state index >= 15 is 0 Å². The van der Waals surface area contributed by atoms with E-state index in [1.807, 2.05) is 38.1 Å². The summed E-state index contributed by atoms with van der Waals surface area (Å²) in [6.07, 6.45) is 4.99. The van der Waals surface area contributed by atoms with Gasteiger partial charge in [0.2, 0.25) is 0 Å². The fourth-order valence-corrected chi connectivity index (χ4v) is 4.13. The fraction of sp³-hybridized carbons (Fsp3) is 0.280. The molecule has 3 heterocycles. The van der Waals surface area contributed by atoms with Gasteiger partial charge in [-0.1, -0.05) is 13.0 Å². The molecule has 162 valence electrons. The van der Waals surface area contributed by atoms with Crippen LogP contribution in [0.5, 0.6) is 0 Å². The first kappa shape index (κ1) is 20.5. The Bertz CT molecular complexity index is 1270. The van der Waals surface area contributed by atoms with E-state index < -0.39 is 0 Å². The van der Waals surface area contributed by atoms with Crippen LogP contribution in [0.3, 0.4) is 0 Å². The number of rotatable bonds is 4. The number of hydrogen-bond acceptors (Lipinski definition) is 6. The van der Waals surface area contributed by atoms with E-state index in [1.54, 1.807) is 18.5 Å². The third-order valence-electron chi connectivity index (χ3n) is 5.96. The first-order chi connectivity index (χ1) is 15.6. The summed E-state index contributed by atoms with van der Waals surface area (Å²) in [5.74, 6) is -0.337. The van der Waals surface area contributed by atoms with Crippen LogP contribution in [0.1, 0.15) is 29.8 Å². The molecular formula is C25H24FN5O. The molecule has 0 bridgehead atoms. The monoisotopic (exact) mass is 429 g/mol. The first-order valence-corrected chi connectivity index (χ1v) is 10.8. The van der Waals surface area contributed by atoms with E-state index in [0.29, 0.717) is 24.5 Å². The molecule has 1 fully saturated rings. The van der Waals surface area contributed by atoms with Crippen molar-refractivity contribution in [3.05, 3.63) is 77.9 Å². The lowest BCUT2D eigenvalue weighted by Gasteiger charge is -2.29. The smallest absolute Gasteiger partial charge is 0.132 e. The highest BCUT2D eigenvalue weighted by molar-refractivity contribution is 5.94. The van der Waals surface area contributed by atoms with Gasteiger partial charge in [-0.25, -0.2) is 14.4 Å². The maximum absolute atomic E-state index is 15.0. The highest BCUT2D eigenvalue weighted by Gasteiger charge is 2.18. The molecule has 2 aromatic carbocycles. The van der Waals surface area contributed by atoms with Crippen molar-refractivity contribution in [3.63, 3.8) is 0 Å². The van der Waals surface area contributed by atoms with Gasteiger partial charge < -0.3 is 9.64 Å². The molecule has 1 saturated heterocycles. The summed E-state index contributed by atoms with van der Waals surface area (Å²) in [5, 5.41) is 0.823. The lowest BCUT2D eigenvalue weighted by atomic mass is 9.94. The van der Waals surface area contributed by atoms with E-state index in [4.69, 9.17) is 4.74 Å². The van der Waals surface area contributed by atoms with Crippen LogP contribution in [-0.2, 0) is 4.74 Å². The standard InChI is InChI=1S/C25H24FN5O/c1-16-13-27-14-24(30-16)17(2)18-3-6-22(26)21(11-18)25-20-5-4-19(12-23(20)28-15-29-25)31-7-9-32-10-8-31/h3-6,11-15,17H,7-10H2,1-2H3.